The minimum absolute atomic E-state index is 0.226. The first kappa shape index (κ1) is 13.8. The molecule has 0 bridgehead atoms. The van der Waals surface area contributed by atoms with Crippen LogP contribution >= 0.6 is 0 Å². The van der Waals surface area contributed by atoms with Crippen molar-refractivity contribution in [3.63, 3.8) is 0 Å². The molecule has 0 spiro atoms. The van der Waals surface area contributed by atoms with Crippen molar-refractivity contribution >= 4 is 10.0 Å². The number of aliphatic hydroxyl groups is 1. The topological polar surface area (TPSA) is 76.1 Å². The van der Waals surface area contributed by atoms with Gasteiger partial charge in [-0.2, -0.15) is 4.31 Å². The molecule has 1 aromatic rings. The maximum atomic E-state index is 12.7. The van der Waals surface area contributed by atoms with Crippen LogP contribution in [0.5, 0.6) is 5.75 Å². The lowest BCUT2D eigenvalue weighted by Gasteiger charge is -2.33. The number of morpholine rings is 1. The Bertz CT molecular complexity index is 601. The first-order chi connectivity index (χ1) is 9.63. The van der Waals surface area contributed by atoms with Gasteiger partial charge in [-0.05, 0) is 23.8 Å². The molecule has 0 saturated carbocycles. The Labute approximate surface area is 118 Å². The van der Waals surface area contributed by atoms with E-state index in [1.54, 1.807) is 18.2 Å². The Morgan fingerprint density at radius 1 is 1.35 bits per heavy atom. The van der Waals surface area contributed by atoms with E-state index in [2.05, 4.69) is 0 Å². The van der Waals surface area contributed by atoms with Gasteiger partial charge in [0, 0.05) is 13.0 Å². The van der Waals surface area contributed by atoms with E-state index < -0.39 is 16.1 Å². The predicted molar refractivity (Wildman–Crippen MR) is 71.2 cm³/mol. The van der Waals surface area contributed by atoms with Gasteiger partial charge in [0.05, 0.1) is 37.4 Å². The van der Waals surface area contributed by atoms with Crippen molar-refractivity contribution in [2.75, 3.05) is 33.0 Å². The predicted octanol–water partition coefficient (Wildman–Crippen LogP) is 0.00330. The average Bonchev–Trinajstić information content (AvgIpc) is 2.94. The quantitative estimate of drug-likeness (QED) is 0.850. The second kappa shape index (κ2) is 5.33. The molecule has 110 valence electrons. The minimum Gasteiger partial charge on any atom is -0.493 e. The van der Waals surface area contributed by atoms with Crippen LogP contribution in [0, 0.1) is 0 Å². The molecule has 6 nitrogen and oxygen atoms in total. The van der Waals surface area contributed by atoms with Crippen molar-refractivity contribution in [1.29, 1.82) is 0 Å². The molecular weight excluding hydrogens is 282 g/mol. The molecule has 0 radical (unpaired) electrons. The Hall–Kier alpha value is -1.15. The summed E-state index contributed by atoms with van der Waals surface area (Å²) < 4.78 is 37.3. The average molecular weight is 299 g/mol. The highest BCUT2D eigenvalue weighted by atomic mass is 32.2. The van der Waals surface area contributed by atoms with Gasteiger partial charge < -0.3 is 14.6 Å². The van der Waals surface area contributed by atoms with Crippen molar-refractivity contribution in [2.45, 2.75) is 17.4 Å². The van der Waals surface area contributed by atoms with Crippen LogP contribution < -0.4 is 4.74 Å². The third-order valence-corrected chi connectivity index (χ3v) is 5.60. The molecule has 2 heterocycles. The van der Waals surface area contributed by atoms with Crippen molar-refractivity contribution < 1.29 is 23.0 Å². The van der Waals surface area contributed by atoms with E-state index in [-0.39, 0.29) is 24.7 Å². The summed E-state index contributed by atoms with van der Waals surface area (Å²) in [5.41, 5.74) is 0.917. The van der Waals surface area contributed by atoms with Crippen LogP contribution in [0.1, 0.15) is 5.56 Å². The van der Waals surface area contributed by atoms with E-state index in [9.17, 15) is 13.5 Å². The van der Waals surface area contributed by atoms with Crippen LogP contribution in [-0.4, -0.2) is 56.8 Å². The normalized spacial score (nSPS) is 23.4. The maximum Gasteiger partial charge on any atom is 0.243 e. The summed E-state index contributed by atoms with van der Waals surface area (Å²) in [6.07, 6.45) is 0.727. The lowest BCUT2D eigenvalue weighted by molar-refractivity contribution is 0.0109. The number of hydrogen-bond acceptors (Lipinski definition) is 5. The first-order valence-corrected chi connectivity index (χ1v) is 8.03. The fourth-order valence-electron chi connectivity index (χ4n) is 2.56. The summed E-state index contributed by atoms with van der Waals surface area (Å²) in [4.78, 5) is 0.252. The van der Waals surface area contributed by atoms with Gasteiger partial charge in [0.25, 0.3) is 0 Å². The molecule has 1 atom stereocenters. The number of aliphatic hydroxyl groups excluding tert-OH is 1. The van der Waals surface area contributed by atoms with Crippen LogP contribution in [0.15, 0.2) is 23.1 Å². The van der Waals surface area contributed by atoms with Crippen LogP contribution in [0.2, 0.25) is 0 Å². The third-order valence-electron chi connectivity index (χ3n) is 3.65. The number of ether oxygens (including phenoxy) is 2. The first-order valence-electron chi connectivity index (χ1n) is 6.59. The Kier molecular flexibility index (Phi) is 3.68. The highest BCUT2D eigenvalue weighted by Gasteiger charge is 2.34. The minimum atomic E-state index is -3.61. The lowest BCUT2D eigenvalue weighted by atomic mass is 10.2. The molecule has 7 heteroatoms. The molecule has 0 aliphatic carbocycles. The van der Waals surface area contributed by atoms with Gasteiger partial charge in [-0.25, -0.2) is 8.42 Å². The number of nitrogens with zero attached hydrogens (tertiary/aromatic N) is 1. The van der Waals surface area contributed by atoms with Crippen molar-refractivity contribution in [1.82, 2.24) is 4.31 Å². The Morgan fingerprint density at radius 2 is 2.20 bits per heavy atom. The van der Waals surface area contributed by atoms with Crippen molar-refractivity contribution in [2.24, 2.45) is 0 Å². The van der Waals surface area contributed by atoms with E-state index in [0.29, 0.717) is 13.2 Å². The third kappa shape index (κ3) is 2.31. The SMILES string of the molecule is O=S(=O)(c1ccc2c(c1)CCO2)N1CCOCC1CO. The molecule has 0 amide bonds. The zero-order chi connectivity index (χ0) is 14.2. The van der Waals surface area contributed by atoms with E-state index in [0.717, 1.165) is 17.7 Å². The maximum absolute atomic E-state index is 12.7. The molecule has 1 saturated heterocycles. The molecule has 3 rings (SSSR count). The number of rotatable bonds is 3. The second-order valence-corrected chi connectivity index (χ2v) is 6.79. The van der Waals surface area contributed by atoms with Crippen molar-refractivity contribution in [3.8, 4) is 5.75 Å². The zero-order valence-electron chi connectivity index (χ0n) is 11.0. The summed E-state index contributed by atoms with van der Waals surface area (Å²) in [6.45, 7) is 1.19. The van der Waals surface area contributed by atoms with Crippen molar-refractivity contribution in [3.05, 3.63) is 23.8 Å². The molecular formula is C13H17NO5S. The van der Waals surface area contributed by atoms with Gasteiger partial charge >= 0.3 is 0 Å². The van der Waals surface area contributed by atoms with Gasteiger partial charge in [-0.3, -0.25) is 0 Å². The highest BCUT2D eigenvalue weighted by molar-refractivity contribution is 7.89. The summed E-state index contributed by atoms with van der Waals surface area (Å²) in [7, 11) is -3.61. The smallest absolute Gasteiger partial charge is 0.243 e. The van der Waals surface area contributed by atoms with E-state index in [1.165, 1.54) is 4.31 Å². The number of fused-ring (bicyclic) bond motifs is 1. The molecule has 2 aliphatic heterocycles. The van der Waals surface area contributed by atoms with E-state index in [1.807, 2.05) is 0 Å². The Balaban J connectivity index is 1.94. The lowest BCUT2D eigenvalue weighted by Crippen LogP contribution is -2.50. The molecule has 0 aromatic heterocycles. The molecule has 2 aliphatic rings. The van der Waals surface area contributed by atoms with E-state index >= 15 is 0 Å². The summed E-state index contributed by atoms with van der Waals surface area (Å²) in [5.74, 6) is 0.754. The van der Waals surface area contributed by atoms with Crippen LogP contribution in [0.3, 0.4) is 0 Å². The number of sulfonamides is 1. The molecule has 1 aromatic carbocycles. The van der Waals surface area contributed by atoms with Crippen LogP contribution in [0.25, 0.3) is 0 Å². The summed E-state index contributed by atoms with van der Waals surface area (Å²) >= 11 is 0. The highest BCUT2D eigenvalue weighted by Crippen LogP contribution is 2.29. The summed E-state index contributed by atoms with van der Waals surface area (Å²) in [6, 6.07) is 4.41. The largest absolute Gasteiger partial charge is 0.493 e. The zero-order valence-corrected chi connectivity index (χ0v) is 11.8. The fraction of sp³-hybridized carbons (Fsp3) is 0.538. The van der Waals surface area contributed by atoms with Gasteiger partial charge in [-0.15, -0.1) is 0 Å². The van der Waals surface area contributed by atoms with Gasteiger partial charge in [0.2, 0.25) is 10.0 Å². The molecule has 1 unspecified atom stereocenters. The monoisotopic (exact) mass is 299 g/mol. The number of benzene rings is 1. The van der Waals surface area contributed by atoms with Gasteiger partial charge in [0.1, 0.15) is 5.75 Å². The standard InChI is InChI=1S/C13H17NO5S/c15-8-11-9-18-6-4-14(11)20(16,17)12-1-2-13-10(7-12)3-5-19-13/h1-2,7,11,15H,3-6,8-9H2. The van der Waals surface area contributed by atoms with E-state index in [4.69, 9.17) is 9.47 Å². The van der Waals surface area contributed by atoms with Gasteiger partial charge in [-0.1, -0.05) is 0 Å². The number of hydrogen-bond donors (Lipinski definition) is 1. The fourth-order valence-corrected chi connectivity index (χ4v) is 4.20. The second-order valence-electron chi connectivity index (χ2n) is 4.90. The van der Waals surface area contributed by atoms with Crippen LogP contribution in [-0.2, 0) is 21.2 Å². The van der Waals surface area contributed by atoms with Crippen LogP contribution in [0.4, 0.5) is 0 Å². The molecule has 1 fully saturated rings. The molecule has 1 N–H and O–H groups in total. The van der Waals surface area contributed by atoms with Gasteiger partial charge in [0.15, 0.2) is 0 Å². The molecule has 20 heavy (non-hydrogen) atoms. The Morgan fingerprint density at radius 3 is 3.00 bits per heavy atom. The summed E-state index contributed by atoms with van der Waals surface area (Å²) in [5, 5.41) is 9.32.